The van der Waals surface area contributed by atoms with E-state index in [1.807, 2.05) is 0 Å². The molecule has 0 atom stereocenters. The van der Waals surface area contributed by atoms with Crippen LogP contribution in [0, 0.1) is 0 Å². The monoisotopic (exact) mass is 572 g/mol. The fraction of sp³-hybridized carbons (Fsp3) is 0.0667. The van der Waals surface area contributed by atoms with E-state index >= 15 is 0 Å². The summed E-state index contributed by atoms with van der Waals surface area (Å²) < 4.78 is 0. The van der Waals surface area contributed by atoms with Gasteiger partial charge < -0.3 is 0 Å². The fourth-order valence-electron chi connectivity index (χ4n) is 7.83. The smallest absolute Gasteiger partial charge is 0.0159 e. The van der Waals surface area contributed by atoms with Gasteiger partial charge in [0.2, 0.25) is 0 Å². The number of benzene rings is 8. The molecule has 0 heteroatoms. The van der Waals surface area contributed by atoms with E-state index in [4.69, 9.17) is 0 Å². The highest BCUT2D eigenvalue weighted by molar-refractivity contribution is 6.25. The molecule has 0 amide bonds. The van der Waals surface area contributed by atoms with E-state index < -0.39 is 0 Å². The Labute approximate surface area is 264 Å². The molecule has 0 nitrogen and oxygen atoms in total. The van der Waals surface area contributed by atoms with Crippen molar-refractivity contribution in [2.45, 2.75) is 19.3 Å². The minimum Gasteiger partial charge on any atom is -0.0622 e. The maximum atomic E-state index is 2.42. The summed E-state index contributed by atoms with van der Waals surface area (Å²) in [5.74, 6) is 0. The maximum Gasteiger partial charge on any atom is 0.0159 e. The summed E-state index contributed by atoms with van der Waals surface area (Å²) in [6, 6.07) is 58.4. The molecule has 0 fully saturated rings. The number of hydrogen-bond acceptors (Lipinski definition) is 0. The molecular formula is C45H32. The number of rotatable bonds is 3. The summed E-state index contributed by atoms with van der Waals surface area (Å²) in [7, 11) is 0. The quantitative estimate of drug-likeness (QED) is 0.185. The topological polar surface area (TPSA) is 0 Å². The molecular weight excluding hydrogens is 540 g/mol. The van der Waals surface area contributed by atoms with E-state index in [0.717, 1.165) is 0 Å². The molecule has 0 heterocycles. The van der Waals surface area contributed by atoms with Crippen LogP contribution in [0.2, 0.25) is 0 Å². The Balaban J connectivity index is 1.25. The van der Waals surface area contributed by atoms with Gasteiger partial charge in [-0.05, 0) is 112 Å². The lowest BCUT2D eigenvalue weighted by atomic mass is 9.81. The molecule has 0 aliphatic heterocycles. The molecule has 0 unspecified atom stereocenters. The number of fused-ring (bicyclic) bond motifs is 8. The van der Waals surface area contributed by atoms with Crippen LogP contribution in [-0.2, 0) is 5.41 Å². The third-order valence-electron chi connectivity index (χ3n) is 10.0. The largest absolute Gasteiger partial charge is 0.0622 e. The van der Waals surface area contributed by atoms with E-state index in [0.29, 0.717) is 0 Å². The predicted octanol–water partition coefficient (Wildman–Crippen LogP) is 12.5. The lowest BCUT2D eigenvalue weighted by Gasteiger charge is -2.22. The average Bonchev–Trinajstić information content (AvgIpc) is 3.33. The second-order valence-corrected chi connectivity index (χ2v) is 12.9. The van der Waals surface area contributed by atoms with Gasteiger partial charge in [-0.2, -0.15) is 0 Å². The normalized spacial score (nSPS) is 13.3. The Morgan fingerprint density at radius 2 is 0.867 bits per heavy atom. The standard InChI is InChI=1S/C45H32/c1-45(2)42-22-11-10-19-36(42)37-24-23-31(28-43(37)45)30-15-12-16-32(25-30)41-27-33-26-40(29-13-4-3-5-14-29)34-17-6-8-20-38(34)44(33)39-21-9-7-18-35(39)41/h3-28H,1-2H3. The van der Waals surface area contributed by atoms with Crippen LogP contribution in [0.1, 0.15) is 25.0 Å². The van der Waals surface area contributed by atoms with E-state index in [2.05, 4.69) is 172 Å². The molecule has 9 rings (SSSR count). The maximum absolute atomic E-state index is 2.42. The van der Waals surface area contributed by atoms with Crippen LogP contribution in [0.5, 0.6) is 0 Å². The zero-order valence-corrected chi connectivity index (χ0v) is 25.5. The van der Waals surface area contributed by atoms with Gasteiger partial charge in [0, 0.05) is 5.41 Å². The van der Waals surface area contributed by atoms with E-state index in [9.17, 15) is 0 Å². The van der Waals surface area contributed by atoms with Gasteiger partial charge in [-0.1, -0.05) is 147 Å². The van der Waals surface area contributed by atoms with Gasteiger partial charge in [0.25, 0.3) is 0 Å². The zero-order chi connectivity index (χ0) is 30.1. The summed E-state index contributed by atoms with van der Waals surface area (Å²) in [6.07, 6.45) is 0. The van der Waals surface area contributed by atoms with Crippen molar-refractivity contribution in [3.8, 4) is 44.5 Å². The zero-order valence-electron chi connectivity index (χ0n) is 25.5. The van der Waals surface area contributed by atoms with Gasteiger partial charge in [-0.25, -0.2) is 0 Å². The average molecular weight is 573 g/mol. The van der Waals surface area contributed by atoms with Crippen molar-refractivity contribution in [1.82, 2.24) is 0 Å². The lowest BCUT2D eigenvalue weighted by molar-refractivity contribution is 0.660. The number of hydrogen-bond donors (Lipinski definition) is 0. The van der Waals surface area contributed by atoms with E-state index in [1.54, 1.807) is 0 Å². The van der Waals surface area contributed by atoms with Crippen molar-refractivity contribution in [3.63, 3.8) is 0 Å². The van der Waals surface area contributed by atoms with Crippen molar-refractivity contribution >= 4 is 32.3 Å². The van der Waals surface area contributed by atoms with E-state index in [1.165, 1.54) is 88.0 Å². The van der Waals surface area contributed by atoms with Crippen LogP contribution in [0.4, 0.5) is 0 Å². The highest BCUT2D eigenvalue weighted by Gasteiger charge is 2.35. The first-order chi connectivity index (χ1) is 22.1. The summed E-state index contributed by atoms with van der Waals surface area (Å²) in [5.41, 5.74) is 13.1. The first kappa shape index (κ1) is 26.0. The third-order valence-corrected chi connectivity index (χ3v) is 10.0. The minimum absolute atomic E-state index is 0.0205. The van der Waals surface area contributed by atoms with Crippen molar-refractivity contribution < 1.29 is 0 Å². The van der Waals surface area contributed by atoms with Crippen LogP contribution < -0.4 is 0 Å². The van der Waals surface area contributed by atoms with Gasteiger partial charge in [0.1, 0.15) is 0 Å². The van der Waals surface area contributed by atoms with Crippen LogP contribution in [-0.4, -0.2) is 0 Å². The molecule has 0 bridgehead atoms. The Morgan fingerprint density at radius 3 is 1.60 bits per heavy atom. The van der Waals surface area contributed by atoms with Crippen molar-refractivity contribution in [2.24, 2.45) is 0 Å². The van der Waals surface area contributed by atoms with Crippen molar-refractivity contribution in [1.29, 1.82) is 0 Å². The van der Waals surface area contributed by atoms with Gasteiger partial charge >= 0.3 is 0 Å². The molecule has 1 aliphatic carbocycles. The van der Waals surface area contributed by atoms with Gasteiger partial charge in [0.15, 0.2) is 0 Å². The molecule has 0 spiro atoms. The molecule has 1 aliphatic rings. The van der Waals surface area contributed by atoms with Crippen LogP contribution >= 0.6 is 0 Å². The molecule has 0 radical (unpaired) electrons. The molecule has 212 valence electrons. The molecule has 0 saturated heterocycles. The predicted molar refractivity (Wildman–Crippen MR) is 193 cm³/mol. The third kappa shape index (κ3) is 3.92. The highest BCUT2D eigenvalue weighted by atomic mass is 14.4. The molecule has 8 aromatic rings. The molecule has 0 N–H and O–H groups in total. The van der Waals surface area contributed by atoms with Gasteiger partial charge in [-0.15, -0.1) is 0 Å². The highest BCUT2D eigenvalue weighted by Crippen LogP contribution is 2.50. The summed E-state index contributed by atoms with van der Waals surface area (Å²) in [4.78, 5) is 0. The van der Waals surface area contributed by atoms with Crippen LogP contribution in [0.3, 0.4) is 0 Å². The second kappa shape index (κ2) is 9.78. The van der Waals surface area contributed by atoms with Crippen molar-refractivity contribution in [2.75, 3.05) is 0 Å². The summed E-state index contributed by atoms with van der Waals surface area (Å²) in [5, 5.41) is 7.75. The fourth-order valence-corrected chi connectivity index (χ4v) is 7.83. The lowest BCUT2D eigenvalue weighted by Crippen LogP contribution is -2.14. The SMILES string of the molecule is CC1(C)c2ccccc2-c2ccc(-c3cccc(-c4cc5cc(-c6ccccc6)c6ccccc6c5c5ccccc45)c3)cc21. The Kier molecular flexibility index (Phi) is 5.64. The Hall–Kier alpha value is -5.46. The molecule has 45 heavy (non-hydrogen) atoms. The summed E-state index contributed by atoms with van der Waals surface area (Å²) in [6.45, 7) is 4.71. The molecule has 0 aromatic heterocycles. The van der Waals surface area contributed by atoms with Crippen LogP contribution in [0.25, 0.3) is 76.8 Å². The first-order valence-corrected chi connectivity index (χ1v) is 15.9. The Bertz CT molecular complexity index is 2440. The van der Waals surface area contributed by atoms with Crippen molar-refractivity contribution in [3.05, 3.63) is 169 Å². The first-order valence-electron chi connectivity index (χ1n) is 15.9. The minimum atomic E-state index is -0.0205. The van der Waals surface area contributed by atoms with Gasteiger partial charge in [0.05, 0.1) is 0 Å². The molecule has 8 aromatic carbocycles. The summed E-state index contributed by atoms with van der Waals surface area (Å²) >= 11 is 0. The Morgan fingerprint density at radius 1 is 0.333 bits per heavy atom. The van der Waals surface area contributed by atoms with E-state index in [-0.39, 0.29) is 5.41 Å². The van der Waals surface area contributed by atoms with Gasteiger partial charge in [-0.3, -0.25) is 0 Å². The second-order valence-electron chi connectivity index (χ2n) is 12.9. The van der Waals surface area contributed by atoms with Crippen LogP contribution in [0.15, 0.2) is 158 Å². The molecule has 0 saturated carbocycles.